The van der Waals surface area contributed by atoms with Gasteiger partial charge in [-0.1, -0.05) is 48.9 Å². The lowest BCUT2D eigenvalue weighted by Crippen LogP contribution is -2.34. The zero-order valence-electron chi connectivity index (χ0n) is 15.2. The number of carbonyl (C=O) groups is 2. The minimum Gasteiger partial charge on any atom is -0.369 e. The highest BCUT2D eigenvalue weighted by Gasteiger charge is 2.18. The predicted octanol–water partition coefficient (Wildman–Crippen LogP) is 3.41. The van der Waals surface area contributed by atoms with Crippen LogP contribution >= 0.6 is 11.6 Å². The van der Waals surface area contributed by atoms with Crippen LogP contribution in [0.1, 0.15) is 17.3 Å². The van der Waals surface area contributed by atoms with Gasteiger partial charge in [-0.15, -0.1) is 0 Å². The van der Waals surface area contributed by atoms with Gasteiger partial charge in [0.25, 0.3) is 5.91 Å². The number of hydrogen-bond acceptors (Lipinski definition) is 3. The van der Waals surface area contributed by atoms with Crippen LogP contribution < -0.4 is 11.1 Å². The van der Waals surface area contributed by atoms with Crippen LogP contribution in [0.5, 0.6) is 0 Å². The van der Waals surface area contributed by atoms with Crippen LogP contribution in [0.3, 0.4) is 0 Å². The van der Waals surface area contributed by atoms with Gasteiger partial charge in [0.1, 0.15) is 5.82 Å². The van der Waals surface area contributed by atoms with Crippen molar-refractivity contribution in [1.29, 1.82) is 0 Å². The van der Waals surface area contributed by atoms with Crippen molar-refractivity contribution in [3.05, 3.63) is 77.2 Å². The Balaban J connectivity index is 0.000000336. The number of nitrogens with zero attached hydrogens (tertiary/aromatic N) is 1. The molecule has 0 aliphatic carbocycles. The fourth-order valence-electron chi connectivity index (χ4n) is 2.18. The topological polar surface area (TPSA) is 101 Å². The van der Waals surface area contributed by atoms with E-state index in [0.717, 1.165) is 5.02 Å². The van der Waals surface area contributed by atoms with E-state index in [-0.39, 0.29) is 23.4 Å². The minimum atomic E-state index is -0.503. The number of H-pyrrole nitrogens is 1. The van der Waals surface area contributed by atoms with Gasteiger partial charge in [-0.05, 0) is 24.3 Å². The van der Waals surface area contributed by atoms with Gasteiger partial charge in [0.2, 0.25) is 5.91 Å². The molecule has 0 aliphatic heterocycles. The van der Waals surface area contributed by atoms with Gasteiger partial charge in [0, 0.05) is 17.1 Å². The molecule has 2 aromatic carbocycles. The quantitative estimate of drug-likeness (QED) is 0.609. The Morgan fingerprint density at radius 2 is 1.82 bits per heavy atom. The van der Waals surface area contributed by atoms with E-state index in [9.17, 15) is 14.0 Å². The average Bonchev–Trinajstić information content (AvgIpc) is 3.17. The number of nitrogens with one attached hydrogen (secondary N) is 2. The smallest absolute Gasteiger partial charge is 0.255 e. The molecule has 0 saturated carbocycles. The van der Waals surface area contributed by atoms with Crippen molar-refractivity contribution < 1.29 is 14.0 Å². The first-order chi connectivity index (χ1) is 13.4. The molecule has 8 heteroatoms. The molecule has 2 amide bonds. The monoisotopic (exact) mass is 402 g/mol. The van der Waals surface area contributed by atoms with E-state index in [2.05, 4.69) is 15.5 Å². The normalized spacial score (nSPS) is 11.1. The Labute approximate surface area is 166 Å². The van der Waals surface area contributed by atoms with E-state index in [1.807, 2.05) is 30.3 Å². The van der Waals surface area contributed by atoms with E-state index in [4.69, 9.17) is 17.3 Å². The highest BCUT2D eigenvalue weighted by atomic mass is 35.5. The Morgan fingerprint density at radius 3 is 2.39 bits per heavy atom. The summed E-state index contributed by atoms with van der Waals surface area (Å²) < 4.78 is 13.8. The van der Waals surface area contributed by atoms with Gasteiger partial charge < -0.3 is 11.1 Å². The highest BCUT2D eigenvalue weighted by molar-refractivity contribution is 6.30. The van der Waals surface area contributed by atoms with Gasteiger partial charge in [-0.3, -0.25) is 14.7 Å². The molecule has 0 aliphatic rings. The number of carbonyl (C=O) groups excluding carboxylic acids is 2. The molecule has 0 fully saturated rings. The van der Waals surface area contributed by atoms with Crippen molar-refractivity contribution in [3.8, 4) is 11.3 Å². The summed E-state index contributed by atoms with van der Waals surface area (Å²) in [4.78, 5) is 23.0. The second-order valence-electron chi connectivity index (χ2n) is 5.95. The van der Waals surface area contributed by atoms with E-state index in [0.29, 0.717) is 0 Å². The standard InChI is InChI=1S/C14H15FN4O2.C6H5Cl/c1-8(13(16)20)6-17-14(21)10-7-18-19-12(10)9-4-2-3-5-11(9)15;7-6-4-2-1-3-5-6/h2-5,7-8H,6H2,1H3,(H2,16,20)(H,17,21)(H,18,19);1-5H. The lowest BCUT2D eigenvalue weighted by molar-refractivity contribution is -0.121. The molecule has 0 saturated heterocycles. The van der Waals surface area contributed by atoms with Crippen LogP contribution in [-0.4, -0.2) is 28.6 Å². The third-order valence-electron chi connectivity index (χ3n) is 3.81. The molecule has 1 atom stereocenters. The third-order valence-corrected chi connectivity index (χ3v) is 4.07. The van der Waals surface area contributed by atoms with E-state index in [1.54, 1.807) is 25.1 Å². The van der Waals surface area contributed by atoms with E-state index < -0.39 is 23.5 Å². The summed E-state index contributed by atoms with van der Waals surface area (Å²) in [6.07, 6.45) is 1.31. The first kappa shape index (κ1) is 21.1. The number of aromatic nitrogens is 2. The van der Waals surface area contributed by atoms with Gasteiger partial charge in [0.05, 0.1) is 23.4 Å². The van der Waals surface area contributed by atoms with Crippen LogP contribution in [0.2, 0.25) is 5.02 Å². The van der Waals surface area contributed by atoms with Gasteiger partial charge in [0.15, 0.2) is 0 Å². The Hall–Kier alpha value is -3.19. The number of primary amides is 1. The first-order valence-corrected chi connectivity index (χ1v) is 8.84. The summed E-state index contributed by atoms with van der Waals surface area (Å²) >= 11 is 5.54. The largest absolute Gasteiger partial charge is 0.369 e. The maximum Gasteiger partial charge on any atom is 0.255 e. The zero-order valence-corrected chi connectivity index (χ0v) is 15.9. The molecule has 0 radical (unpaired) electrons. The zero-order chi connectivity index (χ0) is 20.5. The number of aromatic amines is 1. The Kier molecular flexibility index (Phi) is 7.71. The Morgan fingerprint density at radius 1 is 1.18 bits per heavy atom. The molecule has 1 heterocycles. The van der Waals surface area contributed by atoms with Crippen molar-refractivity contribution in [1.82, 2.24) is 15.5 Å². The summed E-state index contributed by atoms with van der Waals surface area (Å²) in [6, 6.07) is 15.5. The van der Waals surface area contributed by atoms with E-state index in [1.165, 1.54) is 12.3 Å². The number of benzene rings is 2. The molecule has 146 valence electrons. The molecule has 6 nitrogen and oxygen atoms in total. The second kappa shape index (κ2) is 10.2. The van der Waals surface area contributed by atoms with Crippen LogP contribution in [0.4, 0.5) is 4.39 Å². The molecule has 28 heavy (non-hydrogen) atoms. The molecule has 3 rings (SSSR count). The van der Waals surface area contributed by atoms with Gasteiger partial charge in [-0.2, -0.15) is 5.10 Å². The Bertz CT molecular complexity index is 931. The SMILES string of the molecule is CC(CNC(=O)c1cn[nH]c1-c1ccccc1F)C(N)=O.Clc1ccccc1. The lowest BCUT2D eigenvalue weighted by atomic mass is 10.1. The summed E-state index contributed by atoms with van der Waals surface area (Å²) in [5.74, 6) is -1.90. The maximum absolute atomic E-state index is 13.8. The molecule has 1 unspecified atom stereocenters. The number of hydrogen-bond donors (Lipinski definition) is 3. The van der Waals surface area contributed by atoms with E-state index >= 15 is 0 Å². The highest BCUT2D eigenvalue weighted by Crippen LogP contribution is 2.23. The van der Waals surface area contributed by atoms with Crippen molar-refractivity contribution in [2.24, 2.45) is 11.7 Å². The minimum absolute atomic E-state index is 0.107. The van der Waals surface area contributed by atoms with Crippen molar-refractivity contribution in [2.75, 3.05) is 6.54 Å². The fraction of sp³-hybridized carbons (Fsp3) is 0.150. The number of halogens is 2. The first-order valence-electron chi connectivity index (χ1n) is 8.46. The summed E-state index contributed by atoms with van der Waals surface area (Å²) in [6.45, 7) is 1.71. The third kappa shape index (κ3) is 5.92. The molecule has 0 spiro atoms. The van der Waals surface area contributed by atoms with Crippen LogP contribution in [0.15, 0.2) is 60.8 Å². The summed E-state index contributed by atoms with van der Waals surface area (Å²) in [7, 11) is 0. The number of rotatable bonds is 5. The summed E-state index contributed by atoms with van der Waals surface area (Å²) in [5, 5.41) is 9.76. The van der Waals surface area contributed by atoms with Crippen LogP contribution in [-0.2, 0) is 4.79 Å². The van der Waals surface area contributed by atoms with Crippen molar-refractivity contribution in [3.63, 3.8) is 0 Å². The predicted molar refractivity (Wildman–Crippen MR) is 106 cm³/mol. The molecule has 3 aromatic rings. The maximum atomic E-state index is 13.8. The van der Waals surface area contributed by atoms with Crippen molar-refractivity contribution >= 4 is 23.4 Å². The lowest BCUT2D eigenvalue weighted by Gasteiger charge is -2.09. The molecule has 1 aromatic heterocycles. The summed E-state index contributed by atoms with van der Waals surface area (Å²) in [5.41, 5.74) is 5.87. The second-order valence-corrected chi connectivity index (χ2v) is 6.38. The number of amides is 2. The molecular formula is C20H20ClFN4O2. The van der Waals surface area contributed by atoms with Crippen molar-refractivity contribution in [2.45, 2.75) is 6.92 Å². The van der Waals surface area contributed by atoms with Crippen LogP contribution in [0, 0.1) is 11.7 Å². The van der Waals surface area contributed by atoms with Gasteiger partial charge >= 0.3 is 0 Å². The molecular weight excluding hydrogens is 383 g/mol. The van der Waals surface area contributed by atoms with Crippen LogP contribution in [0.25, 0.3) is 11.3 Å². The average molecular weight is 403 g/mol. The number of nitrogens with two attached hydrogens (primary N) is 1. The van der Waals surface area contributed by atoms with Gasteiger partial charge in [-0.25, -0.2) is 4.39 Å². The molecule has 0 bridgehead atoms. The fourth-order valence-corrected chi connectivity index (χ4v) is 2.33. The molecule has 4 N–H and O–H groups in total.